The zero-order valence-corrected chi connectivity index (χ0v) is 27.4. The van der Waals surface area contributed by atoms with Crippen LogP contribution in [-0.4, -0.2) is 50.2 Å². The fourth-order valence-electron chi connectivity index (χ4n) is 9.78. The van der Waals surface area contributed by atoms with Crippen molar-refractivity contribution in [1.82, 2.24) is 9.80 Å². The minimum Gasteiger partial charge on any atom is -0.316 e. The Morgan fingerprint density at radius 3 is 1.75 bits per heavy atom. The molecule has 8 unspecified atom stereocenters. The van der Waals surface area contributed by atoms with Gasteiger partial charge in [-0.2, -0.15) is 0 Å². The molecule has 8 atom stereocenters. The molecule has 3 heteroatoms. The molecule has 5 aliphatic carbocycles. The van der Waals surface area contributed by atoms with Crippen LogP contribution in [-0.2, 0) is 0 Å². The van der Waals surface area contributed by atoms with Crippen molar-refractivity contribution in [2.24, 2.45) is 45.1 Å². The maximum Gasteiger partial charge on any atom is 0.0537 e. The van der Waals surface area contributed by atoms with E-state index in [-0.39, 0.29) is 6.17 Å². The Kier molecular flexibility index (Phi) is 12.5. The zero-order valence-electron chi connectivity index (χ0n) is 27.4. The van der Waals surface area contributed by atoms with Crippen LogP contribution in [0, 0.1) is 39.4 Å². The van der Waals surface area contributed by atoms with E-state index in [1.54, 1.807) is 38.5 Å². The topological polar surface area (TPSA) is 32.5 Å². The van der Waals surface area contributed by atoms with E-state index < -0.39 is 0 Å². The van der Waals surface area contributed by atoms with Gasteiger partial charge in [-0.15, -0.1) is 0 Å². The molecular weight excluding hydrogens is 438 g/mol. The van der Waals surface area contributed by atoms with Crippen LogP contribution >= 0.6 is 0 Å². The van der Waals surface area contributed by atoms with Gasteiger partial charge in [0.2, 0.25) is 0 Å². The summed E-state index contributed by atoms with van der Waals surface area (Å²) in [5.74, 6) is 3.18. The van der Waals surface area contributed by atoms with Crippen molar-refractivity contribution in [3.05, 3.63) is 0 Å². The maximum absolute atomic E-state index is 5.36. The molecule has 0 aromatic rings. The summed E-state index contributed by atoms with van der Waals surface area (Å²) >= 11 is 0. The van der Waals surface area contributed by atoms with Crippen molar-refractivity contribution >= 4 is 0 Å². The Hall–Kier alpha value is -0.120. The van der Waals surface area contributed by atoms with E-state index in [1.807, 2.05) is 67.5 Å². The van der Waals surface area contributed by atoms with Gasteiger partial charge in [0.1, 0.15) is 0 Å². The van der Waals surface area contributed by atoms with Crippen molar-refractivity contribution in [2.75, 3.05) is 28.2 Å². The zero-order chi connectivity index (χ0) is 28.1. The second kappa shape index (κ2) is 13.3. The Labute approximate surface area is 228 Å². The largest absolute Gasteiger partial charge is 0.316 e. The van der Waals surface area contributed by atoms with Crippen LogP contribution in [0.5, 0.6) is 0 Å². The highest BCUT2D eigenvalue weighted by atomic mass is 15.2. The average molecular weight is 508 g/mol. The first-order valence-electron chi connectivity index (χ1n) is 16.0. The predicted octanol–water partition coefficient (Wildman–Crippen LogP) is 8.67. The van der Waals surface area contributed by atoms with E-state index >= 15 is 0 Å². The fraction of sp³-hybridized carbons (Fsp3) is 1.00. The molecule has 216 valence electrons. The van der Waals surface area contributed by atoms with Crippen LogP contribution in [0.1, 0.15) is 133 Å². The highest BCUT2D eigenvalue weighted by Gasteiger charge is 2.79. The first kappa shape index (κ1) is 33.9. The molecule has 0 bridgehead atoms. The van der Waals surface area contributed by atoms with Crippen molar-refractivity contribution in [1.29, 1.82) is 0 Å². The average Bonchev–Trinajstić information content (AvgIpc) is 3.35. The first-order chi connectivity index (χ1) is 16.9. The lowest BCUT2D eigenvalue weighted by Gasteiger charge is -2.60. The molecule has 0 aromatic carbocycles. The van der Waals surface area contributed by atoms with Crippen LogP contribution in [0.25, 0.3) is 0 Å². The number of nitrogens with two attached hydrogens (primary N) is 1. The van der Waals surface area contributed by atoms with Gasteiger partial charge in [-0.05, 0) is 132 Å². The van der Waals surface area contributed by atoms with Crippen molar-refractivity contribution in [2.45, 2.75) is 146 Å². The molecule has 3 nitrogen and oxygen atoms in total. The van der Waals surface area contributed by atoms with Gasteiger partial charge < -0.3 is 10.6 Å². The van der Waals surface area contributed by atoms with Gasteiger partial charge >= 0.3 is 0 Å². The summed E-state index contributed by atoms with van der Waals surface area (Å²) in [7, 11) is 8.54. The van der Waals surface area contributed by atoms with Gasteiger partial charge in [0, 0.05) is 6.04 Å². The maximum atomic E-state index is 5.36. The van der Waals surface area contributed by atoms with E-state index in [2.05, 4.69) is 39.8 Å². The van der Waals surface area contributed by atoms with Crippen LogP contribution < -0.4 is 5.73 Å². The molecule has 0 aliphatic heterocycles. The number of fused-ring (bicyclic) bond motifs is 2. The van der Waals surface area contributed by atoms with Crippen LogP contribution in [0.3, 0.4) is 0 Å². The standard InChI is InChI=1S/C23H39N.C4H12N2.3C2H6/c1-20(2)18-9-8-17-16-7-6-11-21(16,3)13-14-22(17)15-23(18,22)12-10-19(20)24(4)5;1-4(5)6(2)3;3*1-2/h16-19H,6-15H2,1-5H3;4H,5H2,1-3H3;3*1-2H3. The minimum absolute atomic E-state index is 0.185. The molecule has 0 heterocycles. The lowest BCUT2D eigenvalue weighted by Crippen LogP contribution is -2.56. The molecule has 0 aromatic heterocycles. The van der Waals surface area contributed by atoms with E-state index in [4.69, 9.17) is 5.73 Å². The lowest BCUT2D eigenvalue weighted by atomic mass is 9.46. The monoisotopic (exact) mass is 508 g/mol. The van der Waals surface area contributed by atoms with E-state index in [1.165, 1.54) is 25.7 Å². The van der Waals surface area contributed by atoms with Crippen LogP contribution in [0.15, 0.2) is 0 Å². The van der Waals surface area contributed by atoms with Gasteiger partial charge in [0.05, 0.1) is 6.17 Å². The normalized spacial score (nSPS) is 41.6. The summed E-state index contributed by atoms with van der Waals surface area (Å²) < 4.78 is 0. The molecule has 2 spiro atoms. The summed E-state index contributed by atoms with van der Waals surface area (Å²) in [6.07, 6.45) is 15.7. The van der Waals surface area contributed by atoms with Gasteiger partial charge in [0.25, 0.3) is 0 Å². The first-order valence-corrected chi connectivity index (χ1v) is 16.0. The quantitative estimate of drug-likeness (QED) is 0.379. The number of hydrogen-bond donors (Lipinski definition) is 1. The molecule has 0 saturated heterocycles. The summed E-state index contributed by atoms with van der Waals surface area (Å²) in [6, 6.07) is 0.794. The fourth-order valence-corrected chi connectivity index (χ4v) is 9.78. The Morgan fingerprint density at radius 1 is 0.694 bits per heavy atom. The molecule has 36 heavy (non-hydrogen) atoms. The molecule has 2 N–H and O–H groups in total. The van der Waals surface area contributed by atoms with Gasteiger partial charge in [0.15, 0.2) is 0 Å². The second-order valence-corrected chi connectivity index (χ2v) is 13.4. The summed E-state index contributed by atoms with van der Waals surface area (Å²) in [6.45, 7) is 21.8. The molecule has 5 aliphatic rings. The van der Waals surface area contributed by atoms with Crippen LogP contribution in [0.4, 0.5) is 0 Å². The highest BCUT2D eigenvalue weighted by molar-refractivity contribution is 5.28. The van der Waals surface area contributed by atoms with Crippen LogP contribution in [0.2, 0.25) is 0 Å². The van der Waals surface area contributed by atoms with E-state index in [9.17, 15) is 0 Å². The summed E-state index contributed by atoms with van der Waals surface area (Å²) in [4.78, 5) is 4.49. The predicted molar refractivity (Wildman–Crippen MR) is 162 cm³/mol. The van der Waals surface area contributed by atoms with Crippen molar-refractivity contribution in [3.63, 3.8) is 0 Å². The third-order valence-electron chi connectivity index (χ3n) is 11.5. The Balaban J connectivity index is 0.000000466. The minimum atomic E-state index is 0.185. The van der Waals surface area contributed by atoms with E-state index in [0.29, 0.717) is 5.41 Å². The third-order valence-corrected chi connectivity index (χ3v) is 11.5. The summed E-state index contributed by atoms with van der Waals surface area (Å²) in [5, 5.41) is 0. The number of rotatable bonds is 2. The Bertz CT molecular complexity index is 635. The van der Waals surface area contributed by atoms with Crippen molar-refractivity contribution in [3.8, 4) is 0 Å². The Morgan fingerprint density at radius 2 is 1.25 bits per heavy atom. The molecule has 0 radical (unpaired) electrons. The lowest BCUT2D eigenvalue weighted by molar-refractivity contribution is -0.108. The SMILES string of the molecule is CC.CC.CC.CC(N)N(C)C.CN(C)C1CCC23CC24CCC2(C)CCCC2C4CCC3C1(C)C. The van der Waals surface area contributed by atoms with Gasteiger partial charge in [-0.25, -0.2) is 0 Å². The molecular formula is C33H69N3. The van der Waals surface area contributed by atoms with Gasteiger partial charge in [-0.1, -0.05) is 68.7 Å². The van der Waals surface area contributed by atoms with E-state index in [0.717, 1.165) is 40.0 Å². The number of hydrogen-bond acceptors (Lipinski definition) is 3. The smallest absolute Gasteiger partial charge is 0.0537 e. The number of nitrogens with zero attached hydrogens (tertiary/aromatic N) is 2. The van der Waals surface area contributed by atoms with Gasteiger partial charge in [-0.3, -0.25) is 4.90 Å². The molecule has 5 saturated carbocycles. The summed E-state index contributed by atoms with van der Waals surface area (Å²) in [5.41, 5.74) is 8.14. The highest BCUT2D eigenvalue weighted by Crippen LogP contribution is 2.86. The second-order valence-electron chi connectivity index (χ2n) is 13.4. The molecule has 0 amide bonds. The van der Waals surface area contributed by atoms with Crippen molar-refractivity contribution < 1.29 is 0 Å². The molecule has 5 fully saturated rings. The molecule has 5 rings (SSSR count). The third kappa shape index (κ3) is 5.74.